The maximum Gasteiger partial charge on any atom is 0.502 e. The minimum absolute atomic E-state index is 0.625. The molecule has 0 atom stereocenters. The summed E-state index contributed by atoms with van der Waals surface area (Å²) in [5.74, 6) is 0. The number of aryl methyl sites for hydroxylation is 1. The van der Waals surface area contributed by atoms with E-state index in [-0.39, 0.29) is 0 Å². The fraction of sp³-hybridized carbons (Fsp3) is 0.625. The van der Waals surface area contributed by atoms with Crippen LogP contribution in [0.1, 0.15) is 26.3 Å². The van der Waals surface area contributed by atoms with Crippen molar-refractivity contribution in [3.05, 3.63) is 23.8 Å². The zero-order chi connectivity index (χ0) is 16.0. The number of hydrogen-bond donors (Lipinski definition) is 1. The van der Waals surface area contributed by atoms with E-state index in [1.54, 1.807) is 0 Å². The van der Waals surface area contributed by atoms with E-state index in [2.05, 4.69) is 35.3 Å². The van der Waals surface area contributed by atoms with E-state index in [0.29, 0.717) is 19.8 Å². The standard InChI is InChI=1S/C16H28N2O3Si/c1-5-19-22(20-6-2,21-7-3)11-10-18-13-17-15-12-14(4)8-9-16(15)18/h8-9,12,17H,5-7,10-11,13H2,1-4H3. The second-order valence-electron chi connectivity index (χ2n) is 5.35. The molecule has 0 amide bonds. The number of nitrogens with zero attached hydrogens (tertiary/aromatic N) is 1. The van der Waals surface area contributed by atoms with Gasteiger partial charge in [0, 0.05) is 32.4 Å². The summed E-state index contributed by atoms with van der Waals surface area (Å²) in [4.78, 5) is 2.33. The van der Waals surface area contributed by atoms with E-state index in [1.807, 2.05) is 20.8 Å². The Kier molecular flexibility index (Phi) is 6.25. The first kappa shape index (κ1) is 17.3. The topological polar surface area (TPSA) is 43.0 Å². The van der Waals surface area contributed by atoms with Crippen molar-refractivity contribution in [1.82, 2.24) is 0 Å². The van der Waals surface area contributed by atoms with Gasteiger partial charge in [-0.15, -0.1) is 0 Å². The molecule has 0 unspecified atom stereocenters. The van der Waals surface area contributed by atoms with Crippen LogP contribution < -0.4 is 10.2 Å². The maximum absolute atomic E-state index is 5.92. The van der Waals surface area contributed by atoms with Crippen molar-refractivity contribution < 1.29 is 13.3 Å². The Balaban J connectivity index is 2.04. The number of nitrogens with one attached hydrogen (secondary N) is 1. The van der Waals surface area contributed by atoms with Gasteiger partial charge in [-0.3, -0.25) is 0 Å². The van der Waals surface area contributed by atoms with Gasteiger partial charge in [-0.05, 0) is 45.4 Å². The molecule has 0 aromatic heterocycles. The highest BCUT2D eigenvalue weighted by Gasteiger charge is 2.40. The molecule has 5 nitrogen and oxygen atoms in total. The lowest BCUT2D eigenvalue weighted by molar-refractivity contribution is 0.0718. The molecule has 1 heterocycles. The number of benzene rings is 1. The molecule has 1 N–H and O–H groups in total. The molecule has 1 aromatic rings. The molecule has 1 aliphatic rings. The third-order valence-electron chi connectivity index (χ3n) is 3.73. The SMILES string of the molecule is CCO[Si](CCN1CNc2cc(C)ccc21)(OCC)OCC. The average Bonchev–Trinajstić information content (AvgIpc) is 2.88. The lowest BCUT2D eigenvalue weighted by Crippen LogP contribution is -2.48. The van der Waals surface area contributed by atoms with Gasteiger partial charge >= 0.3 is 8.80 Å². The molecule has 1 aliphatic heterocycles. The highest BCUT2D eigenvalue weighted by Crippen LogP contribution is 2.32. The first-order valence-corrected chi connectivity index (χ1v) is 10.1. The summed E-state index contributed by atoms with van der Waals surface area (Å²) in [5, 5.41) is 3.44. The molecule has 0 bridgehead atoms. The van der Waals surface area contributed by atoms with Crippen LogP contribution in [0.15, 0.2) is 18.2 Å². The van der Waals surface area contributed by atoms with Crippen molar-refractivity contribution in [3.63, 3.8) is 0 Å². The lowest BCUT2D eigenvalue weighted by atomic mass is 10.2. The van der Waals surface area contributed by atoms with Gasteiger partial charge in [0.1, 0.15) is 0 Å². The van der Waals surface area contributed by atoms with Gasteiger partial charge < -0.3 is 23.5 Å². The third kappa shape index (κ3) is 4.01. The monoisotopic (exact) mass is 324 g/mol. The van der Waals surface area contributed by atoms with Crippen LogP contribution in [0.3, 0.4) is 0 Å². The van der Waals surface area contributed by atoms with Gasteiger partial charge in [-0.25, -0.2) is 0 Å². The summed E-state index contributed by atoms with van der Waals surface area (Å²) in [6.07, 6.45) is 0. The number of hydrogen-bond acceptors (Lipinski definition) is 5. The zero-order valence-corrected chi connectivity index (χ0v) is 15.1. The van der Waals surface area contributed by atoms with E-state index in [9.17, 15) is 0 Å². The molecule has 0 saturated carbocycles. The van der Waals surface area contributed by atoms with Crippen LogP contribution in [0, 0.1) is 6.92 Å². The van der Waals surface area contributed by atoms with Crippen LogP contribution in [0.4, 0.5) is 11.4 Å². The summed E-state index contributed by atoms with van der Waals surface area (Å²) in [7, 11) is -2.56. The van der Waals surface area contributed by atoms with E-state index in [0.717, 1.165) is 19.3 Å². The van der Waals surface area contributed by atoms with Crippen LogP contribution in [0.25, 0.3) is 0 Å². The summed E-state index contributed by atoms with van der Waals surface area (Å²) in [6, 6.07) is 7.32. The predicted molar refractivity (Wildman–Crippen MR) is 92.5 cm³/mol. The minimum atomic E-state index is -2.56. The van der Waals surface area contributed by atoms with E-state index in [1.165, 1.54) is 16.9 Å². The van der Waals surface area contributed by atoms with Crippen LogP contribution >= 0.6 is 0 Å². The third-order valence-corrected chi connectivity index (χ3v) is 6.76. The second kappa shape index (κ2) is 7.96. The Labute approximate surface area is 134 Å². The van der Waals surface area contributed by atoms with Gasteiger partial charge in [-0.1, -0.05) is 6.07 Å². The number of fused-ring (bicyclic) bond motifs is 1. The normalized spacial score (nSPS) is 14.1. The van der Waals surface area contributed by atoms with Gasteiger partial charge in [0.05, 0.1) is 18.0 Å². The zero-order valence-electron chi connectivity index (χ0n) is 14.1. The quantitative estimate of drug-likeness (QED) is 0.707. The van der Waals surface area contributed by atoms with Crippen LogP contribution in [-0.2, 0) is 13.3 Å². The Morgan fingerprint density at radius 2 is 1.73 bits per heavy atom. The van der Waals surface area contributed by atoms with E-state index < -0.39 is 8.80 Å². The first-order valence-electron chi connectivity index (χ1n) is 8.15. The minimum Gasteiger partial charge on any atom is -0.374 e. The fourth-order valence-electron chi connectivity index (χ4n) is 2.81. The molecular weight excluding hydrogens is 296 g/mol. The Morgan fingerprint density at radius 3 is 2.32 bits per heavy atom. The molecule has 1 aromatic carbocycles. The molecule has 0 fully saturated rings. The molecule has 0 aliphatic carbocycles. The molecule has 0 saturated heterocycles. The van der Waals surface area contributed by atoms with Crippen molar-refractivity contribution in [2.75, 3.05) is 43.3 Å². The second-order valence-corrected chi connectivity index (χ2v) is 8.08. The van der Waals surface area contributed by atoms with Gasteiger partial charge in [-0.2, -0.15) is 0 Å². The maximum atomic E-state index is 5.92. The molecule has 2 rings (SSSR count). The van der Waals surface area contributed by atoms with Crippen LogP contribution in [0.5, 0.6) is 0 Å². The highest BCUT2D eigenvalue weighted by atomic mass is 28.4. The van der Waals surface area contributed by atoms with Crippen molar-refractivity contribution in [1.29, 1.82) is 0 Å². The molecular formula is C16H28N2O3Si. The molecule has 22 heavy (non-hydrogen) atoms. The molecule has 0 radical (unpaired) electrons. The lowest BCUT2D eigenvalue weighted by Gasteiger charge is -2.30. The average molecular weight is 324 g/mol. The molecule has 0 spiro atoms. The number of rotatable bonds is 9. The highest BCUT2D eigenvalue weighted by molar-refractivity contribution is 6.60. The van der Waals surface area contributed by atoms with E-state index in [4.69, 9.17) is 13.3 Å². The number of anilines is 2. The summed E-state index contributed by atoms with van der Waals surface area (Å²) in [6.45, 7) is 11.7. The largest absolute Gasteiger partial charge is 0.502 e. The Bertz CT molecular complexity index is 467. The fourth-order valence-corrected chi connectivity index (χ4v) is 5.35. The van der Waals surface area contributed by atoms with Gasteiger partial charge in [0.25, 0.3) is 0 Å². The van der Waals surface area contributed by atoms with Crippen molar-refractivity contribution in [2.45, 2.75) is 33.7 Å². The van der Waals surface area contributed by atoms with Crippen molar-refractivity contribution in [3.8, 4) is 0 Å². The Morgan fingerprint density at radius 1 is 1.09 bits per heavy atom. The smallest absolute Gasteiger partial charge is 0.374 e. The van der Waals surface area contributed by atoms with E-state index >= 15 is 0 Å². The van der Waals surface area contributed by atoms with Crippen molar-refractivity contribution in [2.24, 2.45) is 0 Å². The molecule has 6 heteroatoms. The van der Waals surface area contributed by atoms with Gasteiger partial charge in [0.15, 0.2) is 0 Å². The predicted octanol–water partition coefficient (Wildman–Crippen LogP) is 3.23. The summed E-state index contributed by atoms with van der Waals surface area (Å²) >= 11 is 0. The van der Waals surface area contributed by atoms with Gasteiger partial charge in [0.2, 0.25) is 0 Å². The van der Waals surface area contributed by atoms with Crippen LogP contribution in [0.2, 0.25) is 6.04 Å². The summed E-state index contributed by atoms with van der Waals surface area (Å²) < 4.78 is 17.8. The first-order chi connectivity index (χ1) is 10.6. The van der Waals surface area contributed by atoms with Crippen molar-refractivity contribution >= 4 is 20.2 Å². The molecule has 124 valence electrons. The Hall–Kier alpha value is -1.08. The summed E-state index contributed by atoms with van der Waals surface area (Å²) in [5.41, 5.74) is 3.73. The van der Waals surface area contributed by atoms with Crippen LogP contribution in [-0.4, -0.2) is 41.8 Å².